The van der Waals surface area contributed by atoms with E-state index in [4.69, 9.17) is 16.3 Å². The average molecular weight is 459 g/mol. The molecule has 2 heterocycles. The van der Waals surface area contributed by atoms with Crippen molar-refractivity contribution in [3.63, 3.8) is 0 Å². The minimum absolute atomic E-state index is 0.0512. The molecule has 168 valence electrons. The number of hydrogen-bond acceptors (Lipinski definition) is 5. The SMILES string of the molecule is O=C(Nc1ccc(N2CCOCC2=O)cc1)[C@@H]1C[C@H](O)CN1C(=O)Nc1ccc(Cl)cc1. The number of amides is 4. The summed E-state index contributed by atoms with van der Waals surface area (Å²) in [5, 5.41) is 16.1. The standard InChI is InChI=1S/C22H23ClN4O5/c23-14-1-3-16(4-2-14)25-22(31)27-12-18(28)11-19(27)21(30)24-15-5-7-17(8-6-15)26-9-10-32-13-20(26)29/h1-8,18-19,28H,9-13H2,(H,24,30)(H,25,31)/t18-,19-/m0/s1. The van der Waals surface area contributed by atoms with Gasteiger partial charge in [-0.15, -0.1) is 0 Å². The highest BCUT2D eigenvalue weighted by atomic mass is 35.5. The zero-order valence-corrected chi connectivity index (χ0v) is 17.9. The number of likely N-dealkylation sites (tertiary alicyclic amines) is 1. The summed E-state index contributed by atoms with van der Waals surface area (Å²) < 4.78 is 5.14. The van der Waals surface area contributed by atoms with E-state index in [1.165, 1.54) is 4.90 Å². The second-order valence-corrected chi connectivity index (χ2v) is 8.07. The van der Waals surface area contributed by atoms with Crippen LogP contribution in [0.4, 0.5) is 21.9 Å². The summed E-state index contributed by atoms with van der Waals surface area (Å²) >= 11 is 5.86. The molecule has 0 radical (unpaired) electrons. The van der Waals surface area contributed by atoms with Crippen LogP contribution in [0.2, 0.25) is 5.02 Å². The van der Waals surface area contributed by atoms with Crippen LogP contribution in [0.15, 0.2) is 48.5 Å². The average Bonchev–Trinajstić information content (AvgIpc) is 3.18. The molecule has 2 atom stereocenters. The molecule has 32 heavy (non-hydrogen) atoms. The number of aliphatic hydroxyl groups is 1. The third-order valence-electron chi connectivity index (χ3n) is 5.37. The Bertz CT molecular complexity index is 998. The quantitative estimate of drug-likeness (QED) is 0.651. The number of aliphatic hydroxyl groups excluding tert-OH is 1. The highest BCUT2D eigenvalue weighted by Gasteiger charge is 2.39. The number of benzene rings is 2. The maximum atomic E-state index is 12.9. The van der Waals surface area contributed by atoms with Crippen molar-refractivity contribution >= 4 is 46.5 Å². The molecular weight excluding hydrogens is 436 g/mol. The van der Waals surface area contributed by atoms with E-state index in [-0.39, 0.29) is 25.5 Å². The number of nitrogens with one attached hydrogen (secondary N) is 2. The zero-order chi connectivity index (χ0) is 22.7. The van der Waals surface area contributed by atoms with Crippen molar-refractivity contribution < 1.29 is 24.2 Å². The van der Waals surface area contributed by atoms with Crippen LogP contribution in [0, 0.1) is 0 Å². The maximum absolute atomic E-state index is 12.9. The van der Waals surface area contributed by atoms with Crippen LogP contribution in [0.1, 0.15) is 6.42 Å². The first-order valence-electron chi connectivity index (χ1n) is 10.2. The lowest BCUT2D eigenvalue weighted by Crippen LogP contribution is -2.45. The monoisotopic (exact) mass is 458 g/mol. The Balaban J connectivity index is 1.40. The molecular formula is C22H23ClN4O5. The number of β-amino-alcohol motifs (C(OH)–C–C–N with tert-alkyl or cyclic N) is 1. The molecule has 0 bridgehead atoms. The summed E-state index contributed by atoms with van der Waals surface area (Å²) in [6.45, 7) is 1.05. The number of anilines is 3. The van der Waals surface area contributed by atoms with Crippen molar-refractivity contribution in [2.75, 3.05) is 41.8 Å². The van der Waals surface area contributed by atoms with Crippen LogP contribution < -0.4 is 15.5 Å². The molecule has 2 aliphatic heterocycles. The second-order valence-electron chi connectivity index (χ2n) is 7.63. The first-order valence-corrected chi connectivity index (χ1v) is 10.6. The molecule has 2 aliphatic rings. The molecule has 0 saturated carbocycles. The summed E-state index contributed by atoms with van der Waals surface area (Å²) in [6.07, 6.45) is -0.656. The van der Waals surface area contributed by atoms with Gasteiger partial charge in [0.25, 0.3) is 5.91 Å². The number of nitrogens with zero attached hydrogens (tertiary/aromatic N) is 2. The number of carbonyl (C=O) groups is 3. The van der Waals surface area contributed by atoms with Crippen LogP contribution in [0.5, 0.6) is 0 Å². The van der Waals surface area contributed by atoms with Gasteiger partial charge in [-0.2, -0.15) is 0 Å². The molecule has 2 fully saturated rings. The lowest BCUT2D eigenvalue weighted by molar-refractivity contribution is -0.125. The molecule has 3 N–H and O–H groups in total. The lowest BCUT2D eigenvalue weighted by Gasteiger charge is -2.27. The van der Waals surface area contributed by atoms with Crippen molar-refractivity contribution in [1.29, 1.82) is 0 Å². The molecule has 9 nitrogen and oxygen atoms in total. The predicted octanol–water partition coefficient (Wildman–Crippen LogP) is 2.31. The van der Waals surface area contributed by atoms with Crippen molar-refractivity contribution in [2.24, 2.45) is 0 Å². The van der Waals surface area contributed by atoms with Crippen LogP contribution in [-0.4, -0.2) is 66.3 Å². The van der Waals surface area contributed by atoms with Gasteiger partial charge in [0.15, 0.2) is 0 Å². The van der Waals surface area contributed by atoms with E-state index < -0.39 is 24.1 Å². The van der Waals surface area contributed by atoms with E-state index in [1.54, 1.807) is 53.4 Å². The van der Waals surface area contributed by atoms with Gasteiger partial charge in [-0.05, 0) is 48.5 Å². The van der Waals surface area contributed by atoms with Crippen molar-refractivity contribution in [1.82, 2.24) is 4.90 Å². The molecule has 10 heteroatoms. The molecule has 0 unspecified atom stereocenters. The molecule has 0 spiro atoms. The zero-order valence-electron chi connectivity index (χ0n) is 17.2. The summed E-state index contributed by atoms with van der Waals surface area (Å²) in [5.41, 5.74) is 1.78. The number of halogens is 1. The van der Waals surface area contributed by atoms with E-state index in [0.29, 0.717) is 29.5 Å². The Hall–Kier alpha value is -3.14. The first-order chi connectivity index (χ1) is 15.4. The second kappa shape index (κ2) is 9.56. The number of carbonyl (C=O) groups excluding carboxylic acids is 3. The number of rotatable bonds is 4. The Morgan fingerprint density at radius 3 is 2.38 bits per heavy atom. The van der Waals surface area contributed by atoms with Crippen molar-refractivity contribution in [2.45, 2.75) is 18.6 Å². The van der Waals surface area contributed by atoms with Crippen LogP contribution in [0.3, 0.4) is 0 Å². The first kappa shape index (κ1) is 22.1. The third kappa shape index (κ3) is 5.01. The summed E-state index contributed by atoms with van der Waals surface area (Å²) in [6, 6.07) is 12.2. The lowest BCUT2D eigenvalue weighted by atomic mass is 10.1. The molecule has 2 aromatic carbocycles. The molecule has 4 amide bonds. The van der Waals surface area contributed by atoms with Gasteiger partial charge in [-0.3, -0.25) is 9.59 Å². The van der Waals surface area contributed by atoms with Crippen LogP contribution >= 0.6 is 11.6 Å². The largest absolute Gasteiger partial charge is 0.391 e. The highest BCUT2D eigenvalue weighted by molar-refractivity contribution is 6.30. The number of urea groups is 1. The van der Waals surface area contributed by atoms with Gasteiger partial charge in [0.05, 0.1) is 12.7 Å². The Morgan fingerprint density at radius 1 is 1.03 bits per heavy atom. The fourth-order valence-corrected chi connectivity index (χ4v) is 3.88. The molecule has 2 aromatic rings. The normalized spacial score (nSPS) is 20.9. The van der Waals surface area contributed by atoms with Gasteiger partial charge in [0.2, 0.25) is 5.91 Å². The van der Waals surface area contributed by atoms with Gasteiger partial charge in [0, 0.05) is 41.6 Å². The van der Waals surface area contributed by atoms with Crippen LogP contribution in [-0.2, 0) is 14.3 Å². The number of morpholine rings is 1. The van der Waals surface area contributed by atoms with E-state index in [9.17, 15) is 19.5 Å². The smallest absolute Gasteiger partial charge is 0.322 e. The molecule has 0 aliphatic carbocycles. The van der Waals surface area contributed by atoms with Gasteiger partial charge in [-0.1, -0.05) is 11.6 Å². The third-order valence-corrected chi connectivity index (χ3v) is 5.62. The van der Waals surface area contributed by atoms with Gasteiger partial charge in [0.1, 0.15) is 12.6 Å². The van der Waals surface area contributed by atoms with Crippen LogP contribution in [0.25, 0.3) is 0 Å². The van der Waals surface area contributed by atoms with Gasteiger partial charge in [-0.25, -0.2) is 4.79 Å². The molecule has 4 rings (SSSR count). The fraction of sp³-hybridized carbons (Fsp3) is 0.318. The van der Waals surface area contributed by atoms with E-state index in [0.717, 1.165) is 5.69 Å². The van der Waals surface area contributed by atoms with Gasteiger partial charge >= 0.3 is 6.03 Å². The minimum atomic E-state index is -0.821. The topological polar surface area (TPSA) is 111 Å². The maximum Gasteiger partial charge on any atom is 0.322 e. The Morgan fingerprint density at radius 2 is 1.69 bits per heavy atom. The predicted molar refractivity (Wildman–Crippen MR) is 120 cm³/mol. The van der Waals surface area contributed by atoms with E-state index >= 15 is 0 Å². The highest BCUT2D eigenvalue weighted by Crippen LogP contribution is 2.24. The Kier molecular flexibility index (Phi) is 6.59. The van der Waals surface area contributed by atoms with E-state index in [2.05, 4.69) is 10.6 Å². The summed E-state index contributed by atoms with van der Waals surface area (Å²) in [4.78, 5) is 40.5. The van der Waals surface area contributed by atoms with Crippen molar-refractivity contribution in [3.8, 4) is 0 Å². The van der Waals surface area contributed by atoms with Gasteiger partial charge < -0.3 is 30.3 Å². The molecule has 0 aromatic heterocycles. The number of hydrogen-bond donors (Lipinski definition) is 3. The Labute approximate surface area is 189 Å². The van der Waals surface area contributed by atoms with E-state index in [1.807, 2.05) is 0 Å². The number of ether oxygens (including phenoxy) is 1. The minimum Gasteiger partial charge on any atom is -0.391 e. The van der Waals surface area contributed by atoms with Crippen molar-refractivity contribution in [3.05, 3.63) is 53.6 Å². The molecule has 2 saturated heterocycles. The summed E-state index contributed by atoms with van der Waals surface area (Å²) in [5.74, 6) is -0.515. The summed E-state index contributed by atoms with van der Waals surface area (Å²) in [7, 11) is 0. The fourth-order valence-electron chi connectivity index (χ4n) is 3.76.